The van der Waals surface area contributed by atoms with Crippen LogP contribution in [0.4, 0.5) is 8.78 Å². The summed E-state index contributed by atoms with van der Waals surface area (Å²) in [4.78, 5) is 0.0599. The molecule has 21 heavy (non-hydrogen) atoms. The molecule has 0 radical (unpaired) electrons. The van der Waals surface area contributed by atoms with Crippen LogP contribution in [0.1, 0.15) is 6.92 Å². The van der Waals surface area contributed by atoms with Gasteiger partial charge in [0.05, 0.1) is 4.90 Å². The van der Waals surface area contributed by atoms with Crippen molar-refractivity contribution in [1.29, 1.82) is 0 Å². The molecule has 122 valence electrons. The summed E-state index contributed by atoms with van der Waals surface area (Å²) in [5.74, 6) is 0.193. The summed E-state index contributed by atoms with van der Waals surface area (Å²) in [6, 6.07) is 4.98. The summed E-state index contributed by atoms with van der Waals surface area (Å²) in [7, 11) is -2.21. The fraction of sp³-hybridized carbons (Fsp3) is 0.500. The lowest BCUT2D eigenvalue weighted by atomic mass is 10.3. The Morgan fingerprint density at radius 2 is 1.81 bits per heavy atom. The monoisotopic (exact) mass is 344 g/mol. The molecule has 1 rings (SSSR count). The minimum absolute atomic E-state index is 0. The molecule has 0 fully saturated rings. The van der Waals surface area contributed by atoms with Gasteiger partial charge in [0, 0.05) is 19.6 Å². The molecule has 0 saturated heterocycles. The number of ether oxygens (including phenoxy) is 1. The highest BCUT2D eigenvalue weighted by Crippen LogP contribution is 2.20. The van der Waals surface area contributed by atoms with E-state index in [0.29, 0.717) is 0 Å². The Labute approximate surface area is 129 Å². The summed E-state index contributed by atoms with van der Waals surface area (Å²) in [5, 5.41) is 0. The van der Waals surface area contributed by atoms with Crippen LogP contribution in [0.2, 0.25) is 0 Å². The van der Waals surface area contributed by atoms with E-state index < -0.39 is 23.1 Å². The number of benzene rings is 1. The van der Waals surface area contributed by atoms with Gasteiger partial charge in [-0.3, -0.25) is 0 Å². The Morgan fingerprint density at radius 3 is 2.24 bits per heavy atom. The molecule has 0 aliphatic rings. The summed E-state index contributed by atoms with van der Waals surface area (Å²) in [6.07, 6.45) is -2.57. The van der Waals surface area contributed by atoms with Crippen molar-refractivity contribution in [2.75, 3.05) is 20.2 Å². The molecule has 0 aliphatic heterocycles. The zero-order chi connectivity index (χ0) is 15.3. The fourth-order valence-electron chi connectivity index (χ4n) is 1.42. The van der Waals surface area contributed by atoms with E-state index in [2.05, 4.69) is 0 Å². The Morgan fingerprint density at radius 1 is 1.29 bits per heavy atom. The minimum Gasteiger partial charge on any atom is -0.488 e. The van der Waals surface area contributed by atoms with E-state index in [1.807, 2.05) is 0 Å². The van der Waals surface area contributed by atoms with Crippen LogP contribution in [0.3, 0.4) is 0 Å². The van der Waals surface area contributed by atoms with E-state index in [9.17, 15) is 17.2 Å². The third kappa shape index (κ3) is 5.39. The van der Waals surface area contributed by atoms with E-state index in [-0.39, 0.29) is 35.6 Å². The molecule has 1 unspecified atom stereocenters. The van der Waals surface area contributed by atoms with Crippen molar-refractivity contribution in [3.63, 3.8) is 0 Å². The Balaban J connectivity index is 0.00000400. The number of hydrogen-bond acceptors (Lipinski definition) is 4. The van der Waals surface area contributed by atoms with Crippen LogP contribution in [0.25, 0.3) is 0 Å². The Bertz CT molecular complexity index is 526. The molecule has 9 heteroatoms. The summed E-state index contributed by atoms with van der Waals surface area (Å²) in [5.41, 5.74) is 5.44. The quantitative estimate of drug-likeness (QED) is 0.817. The first-order chi connectivity index (χ1) is 9.28. The SMILES string of the molecule is CC(CN)N(C)S(=O)(=O)c1ccc(OCC(F)F)cc1.Cl. The number of hydrogen-bond donors (Lipinski definition) is 1. The van der Waals surface area contributed by atoms with Gasteiger partial charge in [-0.15, -0.1) is 12.4 Å². The second-order valence-electron chi connectivity index (χ2n) is 4.28. The van der Waals surface area contributed by atoms with Gasteiger partial charge in [-0.05, 0) is 31.2 Å². The van der Waals surface area contributed by atoms with Crippen molar-refractivity contribution in [2.24, 2.45) is 5.73 Å². The normalized spacial score (nSPS) is 13.1. The molecule has 0 spiro atoms. The van der Waals surface area contributed by atoms with E-state index in [0.717, 1.165) is 0 Å². The van der Waals surface area contributed by atoms with Crippen LogP contribution in [0, 0.1) is 0 Å². The number of nitrogens with two attached hydrogens (primary N) is 1. The van der Waals surface area contributed by atoms with Gasteiger partial charge in [0.1, 0.15) is 12.4 Å². The average Bonchev–Trinajstić information content (AvgIpc) is 2.43. The predicted octanol–water partition coefficient (Wildman–Crippen LogP) is 1.72. The van der Waals surface area contributed by atoms with Crippen molar-refractivity contribution in [2.45, 2.75) is 24.3 Å². The molecule has 0 aliphatic carbocycles. The van der Waals surface area contributed by atoms with Crippen molar-refractivity contribution >= 4 is 22.4 Å². The maximum atomic E-state index is 12.2. The highest BCUT2D eigenvalue weighted by atomic mass is 35.5. The largest absolute Gasteiger partial charge is 0.488 e. The summed E-state index contributed by atoms with van der Waals surface area (Å²) in [6.45, 7) is 1.17. The van der Waals surface area contributed by atoms with Gasteiger partial charge in [-0.1, -0.05) is 0 Å². The van der Waals surface area contributed by atoms with Gasteiger partial charge in [-0.2, -0.15) is 4.31 Å². The zero-order valence-electron chi connectivity index (χ0n) is 11.7. The smallest absolute Gasteiger partial charge is 0.272 e. The molecular formula is C12H19ClF2N2O3S. The molecule has 1 atom stereocenters. The Kier molecular flexibility index (Phi) is 8.09. The van der Waals surface area contributed by atoms with Crippen molar-refractivity contribution in [3.8, 4) is 5.75 Å². The fourth-order valence-corrected chi connectivity index (χ4v) is 2.79. The molecule has 0 aromatic heterocycles. The Hall–Kier alpha value is -0.960. The van der Waals surface area contributed by atoms with Gasteiger partial charge in [-0.25, -0.2) is 17.2 Å². The van der Waals surface area contributed by atoms with Crippen LogP contribution in [0.15, 0.2) is 29.2 Å². The second-order valence-corrected chi connectivity index (χ2v) is 6.28. The van der Waals surface area contributed by atoms with Crippen molar-refractivity contribution < 1.29 is 21.9 Å². The second kappa shape index (κ2) is 8.47. The maximum absolute atomic E-state index is 12.2. The van der Waals surface area contributed by atoms with Crippen LogP contribution in [-0.4, -0.2) is 45.4 Å². The summed E-state index contributed by atoms with van der Waals surface area (Å²) >= 11 is 0. The molecule has 0 amide bonds. The van der Waals surface area contributed by atoms with Crippen molar-refractivity contribution in [1.82, 2.24) is 4.31 Å². The van der Waals surface area contributed by atoms with Crippen molar-refractivity contribution in [3.05, 3.63) is 24.3 Å². The van der Waals surface area contributed by atoms with E-state index in [1.54, 1.807) is 6.92 Å². The van der Waals surface area contributed by atoms with Gasteiger partial charge >= 0.3 is 0 Å². The lowest BCUT2D eigenvalue weighted by Gasteiger charge is -2.23. The molecule has 1 aromatic rings. The molecule has 0 heterocycles. The lowest BCUT2D eigenvalue weighted by Crippen LogP contribution is -2.39. The minimum atomic E-state index is -3.65. The molecule has 2 N–H and O–H groups in total. The zero-order valence-corrected chi connectivity index (χ0v) is 13.3. The van der Waals surface area contributed by atoms with Gasteiger partial charge < -0.3 is 10.5 Å². The van der Waals surface area contributed by atoms with E-state index in [1.165, 1.54) is 35.6 Å². The standard InChI is InChI=1S/C12H18F2N2O3S.ClH/c1-9(7-15)16(2)20(17,18)11-5-3-10(4-6-11)19-8-12(13)14;/h3-6,9,12H,7-8,15H2,1-2H3;1H. The highest BCUT2D eigenvalue weighted by Gasteiger charge is 2.24. The highest BCUT2D eigenvalue weighted by molar-refractivity contribution is 7.89. The van der Waals surface area contributed by atoms with E-state index >= 15 is 0 Å². The van der Waals surface area contributed by atoms with Gasteiger partial charge in [0.2, 0.25) is 10.0 Å². The number of halogens is 3. The van der Waals surface area contributed by atoms with Crippen LogP contribution < -0.4 is 10.5 Å². The summed E-state index contributed by atoms with van der Waals surface area (Å²) < 4.78 is 54.4. The predicted molar refractivity (Wildman–Crippen MR) is 78.7 cm³/mol. The maximum Gasteiger partial charge on any atom is 0.272 e. The number of rotatable bonds is 7. The molecule has 5 nitrogen and oxygen atoms in total. The third-order valence-electron chi connectivity index (χ3n) is 2.84. The van der Waals surface area contributed by atoms with Gasteiger partial charge in [0.15, 0.2) is 0 Å². The number of alkyl halides is 2. The first kappa shape index (κ1) is 20.0. The first-order valence-corrected chi connectivity index (χ1v) is 7.42. The number of sulfonamides is 1. The van der Waals surface area contributed by atoms with Gasteiger partial charge in [0.25, 0.3) is 6.43 Å². The molecule has 0 bridgehead atoms. The van der Waals surface area contributed by atoms with Crippen LogP contribution >= 0.6 is 12.4 Å². The topological polar surface area (TPSA) is 72.6 Å². The lowest BCUT2D eigenvalue weighted by molar-refractivity contribution is 0.0819. The first-order valence-electron chi connectivity index (χ1n) is 5.98. The van der Waals surface area contributed by atoms with Crippen LogP contribution in [0.5, 0.6) is 5.75 Å². The molecular weight excluding hydrogens is 326 g/mol. The molecule has 0 saturated carbocycles. The average molecular weight is 345 g/mol. The van der Waals surface area contributed by atoms with E-state index in [4.69, 9.17) is 10.5 Å². The van der Waals surface area contributed by atoms with Crippen LogP contribution in [-0.2, 0) is 10.0 Å². The molecule has 1 aromatic carbocycles. The third-order valence-corrected chi connectivity index (χ3v) is 4.82. The number of likely N-dealkylation sites (N-methyl/N-ethyl adjacent to an activating group) is 1. The number of nitrogens with zero attached hydrogens (tertiary/aromatic N) is 1.